The molecule has 0 atom stereocenters. The molecule has 0 aliphatic heterocycles. The Morgan fingerprint density at radius 1 is 0.524 bits per heavy atom. The molecule has 4 rings (SSSR count). The van der Waals surface area contributed by atoms with Gasteiger partial charge in [0.25, 0.3) is 0 Å². The first-order valence-corrected chi connectivity index (χ1v) is 7.47. The minimum absolute atomic E-state index is 0. The highest BCUT2D eigenvalue weighted by Gasteiger charge is 2.05. The lowest BCUT2D eigenvalue weighted by atomic mass is 9.95. The first-order valence-electron chi connectivity index (χ1n) is 7.47. The zero-order valence-corrected chi connectivity index (χ0v) is 12.9. The molecule has 0 aliphatic carbocycles. The van der Waals surface area contributed by atoms with Crippen LogP contribution in [0.3, 0.4) is 0 Å². The fourth-order valence-corrected chi connectivity index (χ4v) is 2.67. The average Bonchev–Trinajstić information content (AvgIpc) is 2.53. The van der Waals surface area contributed by atoms with E-state index in [1.54, 1.807) is 0 Å². The second kappa shape index (κ2) is 6.55. The number of benzene rings is 4. The van der Waals surface area contributed by atoms with Crippen LogP contribution in [0.15, 0.2) is 60.7 Å². The average molecular weight is 277 g/mol. The van der Waals surface area contributed by atoms with Crippen molar-refractivity contribution >= 4 is 32.3 Å². The zero-order chi connectivity index (χ0) is 13.9. The van der Waals surface area contributed by atoms with Gasteiger partial charge in [0.1, 0.15) is 0 Å². The lowest BCUT2D eigenvalue weighted by molar-refractivity contribution is 0.886. The van der Waals surface area contributed by atoms with Crippen molar-refractivity contribution in [3.63, 3.8) is 0 Å². The van der Waals surface area contributed by atoms with Crippen molar-refractivity contribution in [3.05, 3.63) is 60.7 Å². The van der Waals surface area contributed by atoms with Gasteiger partial charge in [-0.15, -0.1) is 0 Å². The summed E-state index contributed by atoms with van der Waals surface area (Å²) in [6.07, 6.45) is 2.64. The van der Waals surface area contributed by atoms with Crippen LogP contribution in [0, 0.1) is 0 Å². The molecule has 0 spiro atoms. The van der Waals surface area contributed by atoms with Gasteiger partial charge in [-0.3, -0.25) is 0 Å². The summed E-state index contributed by atoms with van der Waals surface area (Å²) in [6, 6.07) is 21.9. The highest BCUT2D eigenvalue weighted by Crippen LogP contribution is 2.33. The Hall–Kier alpha value is -2.12. The van der Waals surface area contributed by atoms with Gasteiger partial charge < -0.3 is 6.15 Å². The van der Waals surface area contributed by atoms with Crippen LogP contribution < -0.4 is 6.15 Å². The molecule has 108 valence electrons. The van der Waals surface area contributed by atoms with Gasteiger partial charge in [0.15, 0.2) is 0 Å². The van der Waals surface area contributed by atoms with E-state index in [0.29, 0.717) is 0 Å². The molecule has 0 unspecified atom stereocenters. The van der Waals surface area contributed by atoms with E-state index >= 15 is 0 Å². The molecule has 0 heterocycles. The topological polar surface area (TPSA) is 35.0 Å². The molecule has 1 nitrogen and oxygen atoms in total. The van der Waals surface area contributed by atoms with E-state index in [1.807, 2.05) is 0 Å². The summed E-state index contributed by atoms with van der Waals surface area (Å²) in [6.45, 7) is 4.36. The van der Waals surface area contributed by atoms with Gasteiger partial charge >= 0.3 is 0 Å². The molecule has 0 fully saturated rings. The fourth-order valence-electron chi connectivity index (χ4n) is 2.67. The van der Waals surface area contributed by atoms with Crippen molar-refractivity contribution in [1.29, 1.82) is 0 Å². The summed E-state index contributed by atoms with van der Waals surface area (Å²) in [5, 5.41) is 8.14. The Labute approximate surface area is 126 Å². The fraction of sp³-hybridized carbons (Fsp3) is 0.200. The molecule has 0 radical (unpaired) electrons. The van der Waals surface area contributed by atoms with E-state index < -0.39 is 0 Å². The van der Waals surface area contributed by atoms with Gasteiger partial charge in [-0.05, 0) is 32.3 Å². The van der Waals surface area contributed by atoms with Crippen LogP contribution in [0.4, 0.5) is 0 Å². The van der Waals surface area contributed by atoms with Crippen molar-refractivity contribution in [3.8, 4) is 0 Å². The second-order valence-corrected chi connectivity index (χ2v) is 5.29. The predicted molar refractivity (Wildman–Crippen MR) is 95.8 cm³/mol. The Bertz CT molecular complexity index is 701. The maximum atomic E-state index is 2.21. The van der Waals surface area contributed by atoms with Gasteiger partial charge in [-0.1, -0.05) is 87.4 Å². The molecule has 0 amide bonds. The summed E-state index contributed by atoms with van der Waals surface area (Å²) < 4.78 is 0. The summed E-state index contributed by atoms with van der Waals surface area (Å²) in [5.74, 6) is 0. The largest absolute Gasteiger partial charge is 0.344 e. The summed E-state index contributed by atoms with van der Waals surface area (Å²) in [5.41, 5.74) is 0. The smallest absolute Gasteiger partial charge is 0.00268 e. The monoisotopic (exact) mass is 277 g/mol. The Morgan fingerprint density at radius 3 is 1.05 bits per heavy atom. The molecular formula is C20H23N. The van der Waals surface area contributed by atoms with Gasteiger partial charge in [0.2, 0.25) is 0 Å². The Balaban J connectivity index is 0.000000292. The minimum Gasteiger partial charge on any atom is -0.344 e. The molecule has 21 heavy (non-hydrogen) atoms. The van der Waals surface area contributed by atoms with Gasteiger partial charge in [-0.25, -0.2) is 0 Å². The molecule has 0 saturated carbocycles. The number of hydrogen-bond donors (Lipinski definition) is 1. The first-order chi connectivity index (χ1) is 9.85. The first kappa shape index (κ1) is 15.3. The van der Waals surface area contributed by atoms with Gasteiger partial charge in [0.05, 0.1) is 0 Å². The summed E-state index contributed by atoms with van der Waals surface area (Å²) in [4.78, 5) is 0. The van der Waals surface area contributed by atoms with E-state index in [4.69, 9.17) is 0 Å². The molecular weight excluding hydrogens is 254 g/mol. The third kappa shape index (κ3) is 2.70. The van der Waals surface area contributed by atoms with E-state index in [0.717, 1.165) is 0 Å². The molecule has 4 aromatic rings. The number of unbranched alkanes of at least 4 members (excludes halogenated alkanes) is 1. The maximum absolute atomic E-state index is 2.21. The second-order valence-electron chi connectivity index (χ2n) is 5.29. The zero-order valence-electron chi connectivity index (χ0n) is 12.9. The Morgan fingerprint density at radius 2 is 0.810 bits per heavy atom. The summed E-state index contributed by atoms with van der Waals surface area (Å²) in [7, 11) is 0. The highest BCUT2D eigenvalue weighted by atomic mass is 14.1. The predicted octanol–water partition coefficient (Wildman–Crippen LogP) is 6.55. The van der Waals surface area contributed by atoms with Crippen LogP contribution in [0.2, 0.25) is 0 Å². The normalized spacial score (nSPS) is 10.4. The SMILES string of the molecule is CCCC.N.c1cc2ccc3cccc4ccc(c1)c2c34. The van der Waals surface area contributed by atoms with Crippen molar-refractivity contribution in [2.75, 3.05) is 0 Å². The quantitative estimate of drug-likeness (QED) is 0.393. The molecule has 1 heteroatoms. The third-order valence-electron chi connectivity index (χ3n) is 3.89. The van der Waals surface area contributed by atoms with Crippen LogP contribution in [0.5, 0.6) is 0 Å². The minimum atomic E-state index is 0. The molecule has 3 N–H and O–H groups in total. The van der Waals surface area contributed by atoms with Gasteiger partial charge in [0, 0.05) is 0 Å². The number of hydrogen-bond acceptors (Lipinski definition) is 1. The van der Waals surface area contributed by atoms with E-state index in [2.05, 4.69) is 74.5 Å². The van der Waals surface area contributed by atoms with E-state index in [9.17, 15) is 0 Å². The lowest BCUT2D eigenvalue weighted by Gasteiger charge is -2.09. The molecule has 0 aliphatic rings. The third-order valence-corrected chi connectivity index (χ3v) is 3.89. The maximum Gasteiger partial charge on any atom is -0.00268 e. The van der Waals surface area contributed by atoms with Crippen molar-refractivity contribution in [1.82, 2.24) is 6.15 Å². The van der Waals surface area contributed by atoms with Crippen molar-refractivity contribution in [2.45, 2.75) is 26.7 Å². The molecule has 4 aromatic carbocycles. The molecule has 0 saturated heterocycles. The standard InChI is InChI=1S/C16H10.C4H10.H3N/c1-3-11-7-9-13-5-2-6-14-10-8-12(4-1)15(11)16(13)14;1-3-4-2;/h1-10H;3-4H2,1-2H3;1H3. The molecule has 0 aromatic heterocycles. The molecule has 0 bridgehead atoms. The van der Waals surface area contributed by atoms with Crippen molar-refractivity contribution < 1.29 is 0 Å². The van der Waals surface area contributed by atoms with E-state index in [-0.39, 0.29) is 6.15 Å². The highest BCUT2D eigenvalue weighted by molar-refractivity contribution is 6.22. The summed E-state index contributed by atoms with van der Waals surface area (Å²) >= 11 is 0. The number of rotatable bonds is 1. The lowest BCUT2D eigenvalue weighted by Crippen LogP contribution is -1.82. The van der Waals surface area contributed by atoms with Crippen LogP contribution in [0.1, 0.15) is 26.7 Å². The van der Waals surface area contributed by atoms with Crippen LogP contribution >= 0.6 is 0 Å². The van der Waals surface area contributed by atoms with Crippen LogP contribution in [-0.2, 0) is 0 Å². The van der Waals surface area contributed by atoms with Crippen LogP contribution in [0.25, 0.3) is 32.3 Å². The van der Waals surface area contributed by atoms with Crippen molar-refractivity contribution in [2.24, 2.45) is 0 Å². The van der Waals surface area contributed by atoms with Crippen LogP contribution in [-0.4, -0.2) is 0 Å². The van der Waals surface area contributed by atoms with Gasteiger partial charge in [-0.2, -0.15) is 0 Å². The Kier molecular flexibility index (Phi) is 4.77. The van der Waals surface area contributed by atoms with E-state index in [1.165, 1.54) is 45.2 Å².